The quantitative estimate of drug-likeness (QED) is 0.755. The molecular formula is C11H16N4O2. The lowest BCUT2D eigenvalue weighted by atomic mass is 10.5. The van der Waals surface area contributed by atoms with Crippen molar-refractivity contribution in [3.63, 3.8) is 0 Å². The minimum atomic E-state index is -0.0101. The number of carbonyl (C=O) groups excluding carboxylic acids is 1. The lowest BCUT2D eigenvalue weighted by molar-refractivity contribution is -0.119. The van der Waals surface area contributed by atoms with Crippen molar-refractivity contribution in [3.05, 3.63) is 12.4 Å². The summed E-state index contributed by atoms with van der Waals surface area (Å²) in [4.78, 5) is 19.4. The second-order valence-corrected chi connectivity index (χ2v) is 3.87. The van der Waals surface area contributed by atoms with Crippen LogP contribution in [0.25, 0.3) is 0 Å². The maximum absolute atomic E-state index is 11.4. The molecule has 0 unspecified atom stereocenters. The molecule has 1 aliphatic rings. The average Bonchev–Trinajstić information content (AvgIpc) is 3.11. The highest BCUT2D eigenvalue weighted by molar-refractivity contribution is 5.80. The van der Waals surface area contributed by atoms with Crippen LogP contribution in [0.15, 0.2) is 12.4 Å². The lowest BCUT2D eigenvalue weighted by Gasteiger charge is -2.07. The molecule has 2 N–H and O–H groups in total. The van der Waals surface area contributed by atoms with Gasteiger partial charge in [0.1, 0.15) is 12.1 Å². The third-order valence-corrected chi connectivity index (χ3v) is 2.31. The van der Waals surface area contributed by atoms with Gasteiger partial charge in [0.05, 0.1) is 13.2 Å². The number of hydrogen-bond donors (Lipinski definition) is 2. The summed E-state index contributed by atoms with van der Waals surface area (Å²) in [5.74, 6) is 1.09. The van der Waals surface area contributed by atoms with E-state index in [4.69, 9.17) is 4.74 Å². The number of ether oxygens (including phenoxy) is 1. The van der Waals surface area contributed by atoms with E-state index in [0.717, 1.165) is 12.8 Å². The number of rotatable bonds is 6. The molecule has 1 heterocycles. The SMILES string of the molecule is CCOc1cc(NCC(=O)NC2CC2)ncn1. The van der Waals surface area contributed by atoms with E-state index in [0.29, 0.717) is 24.3 Å². The zero-order valence-electron chi connectivity index (χ0n) is 9.77. The molecule has 1 aliphatic carbocycles. The van der Waals surface area contributed by atoms with Gasteiger partial charge >= 0.3 is 0 Å². The number of nitrogens with one attached hydrogen (secondary N) is 2. The summed E-state index contributed by atoms with van der Waals surface area (Å²) in [5.41, 5.74) is 0. The fourth-order valence-corrected chi connectivity index (χ4v) is 1.34. The molecular weight excluding hydrogens is 220 g/mol. The van der Waals surface area contributed by atoms with E-state index in [1.165, 1.54) is 6.33 Å². The molecule has 0 aromatic carbocycles. The fourth-order valence-electron chi connectivity index (χ4n) is 1.34. The molecule has 0 saturated heterocycles. The summed E-state index contributed by atoms with van der Waals surface area (Å²) < 4.78 is 5.24. The molecule has 1 fully saturated rings. The first kappa shape index (κ1) is 11.6. The van der Waals surface area contributed by atoms with Gasteiger partial charge in [-0.25, -0.2) is 9.97 Å². The molecule has 1 aromatic rings. The Morgan fingerprint density at radius 1 is 1.53 bits per heavy atom. The van der Waals surface area contributed by atoms with Gasteiger partial charge in [0, 0.05) is 12.1 Å². The number of anilines is 1. The third-order valence-electron chi connectivity index (χ3n) is 2.31. The van der Waals surface area contributed by atoms with Crippen molar-refractivity contribution in [1.82, 2.24) is 15.3 Å². The Kier molecular flexibility index (Phi) is 3.74. The summed E-state index contributed by atoms with van der Waals surface area (Å²) in [5, 5.41) is 5.82. The molecule has 2 rings (SSSR count). The van der Waals surface area contributed by atoms with E-state index >= 15 is 0 Å². The van der Waals surface area contributed by atoms with Gasteiger partial charge in [0.2, 0.25) is 11.8 Å². The van der Waals surface area contributed by atoms with E-state index in [-0.39, 0.29) is 12.5 Å². The molecule has 1 amide bonds. The van der Waals surface area contributed by atoms with Crippen LogP contribution in [-0.2, 0) is 4.79 Å². The summed E-state index contributed by atoms with van der Waals surface area (Å²) >= 11 is 0. The Hall–Kier alpha value is -1.85. The van der Waals surface area contributed by atoms with Crippen molar-refractivity contribution in [2.45, 2.75) is 25.8 Å². The molecule has 6 nitrogen and oxygen atoms in total. The first-order valence-corrected chi connectivity index (χ1v) is 5.76. The van der Waals surface area contributed by atoms with Gasteiger partial charge in [-0.1, -0.05) is 0 Å². The fraction of sp³-hybridized carbons (Fsp3) is 0.545. The van der Waals surface area contributed by atoms with Gasteiger partial charge in [-0.05, 0) is 19.8 Å². The van der Waals surface area contributed by atoms with Gasteiger partial charge in [-0.15, -0.1) is 0 Å². The van der Waals surface area contributed by atoms with Crippen LogP contribution in [0.4, 0.5) is 5.82 Å². The molecule has 17 heavy (non-hydrogen) atoms. The largest absolute Gasteiger partial charge is 0.478 e. The zero-order chi connectivity index (χ0) is 12.1. The normalized spacial score (nSPS) is 14.2. The minimum Gasteiger partial charge on any atom is -0.478 e. The summed E-state index contributed by atoms with van der Waals surface area (Å²) in [6, 6.07) is 2.06. The number of carbonyl (C=O) groups is 1. The van der Waals surface area contributed by atoms with Gasteiger partial charge in [-0.2, -0.15) is 0 Å². The van der Waals surface area contributed by atoms with Crippen LogP contribution in [0.3, 0.4) is 0 Å². The Morgan fingerprint density at radius 3 is 3.06 bits per heavy atom. The number of amides is 1. The molecule has 0 radical (unpaired) electrons. The Bertz CT molecular complexity index is 393. The average molecular weight is 236 g/mol. The highest BCUT2D eigenvalue weighted by atomic mass is 16.5. The predicted molar refractivity (Wildman–Crippen MR) is 62.9 cm³/mol. The predicted octanol–water partition coefficient (Wildman–Crippen LogP) is 0.566. The third kappa shape index (κ3) is 3.90. The van der Waals surface area contributed by atoms with E-state index in [9.17, 15) is 4.79 Å². The molecule has 1 saturated carbocycles. The molecule has 0 aliphatic heterocycles. The highest BCUT2D eigenvalue weighted by Gasteiger charge is 2.22. The summed E-state index contributed by atoms with van der Waals surface area (Å²) in [7, 11) is 0. The molecule has 0 bridgehead atoms. The van der Waals surface area contributed by atoms with Crippen LogP contribution in [0.2, 0.25) is 0 Å². The Labute approximate surface area is 99.8 Å². The zero-order valence-corrected chi connectivity index (χ0v) is 9.77. The maximum atomic E-state index is 11.4. The van der Waals surface area contributed by atoms with Crippen molar-refractivity contribution in [3.8, 4) is 5.88 Å². The number of nitrogens with zero attached hydrogens (tertiary/aromatic N) is 2. The van der Waals surface area contributed by atoms with Crippen molar-refractivity contribution in [2.24, 2.45) is 0 Å². The van der Waals surface area contributed by atoms with Crippen molar-refractivity contribution >= 4 is 11.7 Å². The van der Waals surface area contributed by atoms with E-state index in [2.05, 4.69) is 20.6 Å². The number of hydrogen-bond acceptors (Lipinski definition) is 5. The Morgan fingerprint density at radius 2 is 2.35 bits per heavy atom. The Balaban J connectivity index is 1.80. The van der Waals surface area contributed by atoms with E-state index < -0.39 is 0 Å². The van der Waals surface area contributed by atoms with Crippen molar-refractivity contribution in [1.29, 1.82) is 0 Å². The van der Waals surface area contributed by atoms with Crippen LogP contribution in [-0.4, -0.2) is 35.1 Å². The van der Waals surface area contributed by atoms with Crippen LogP contribution in [0, 0.1) is 0 Å². The standard InChI is InChI=1S/C11H16N4O2/c1-2-17-11-5-9(13-7-14-11)12-6-10(16)15-8-3-4-8/h5,7-8H,2-4,6H2,1H3,(H,15,16)(H,12,13,14). The maximum Gasteiger partial charge on any atom is 0.239 e. The molecule has 0 spiro atoms. The van der Waals surface area contributed by atoms with Gasteiger partial charge < -0.3 is 15.4 Å². The van der Waals surface area contributed by atoms with Gasteiger partial charge in [0.15, 0.2) is 0 Å². The molecule has 0 atom stereocenters. The van der Waals surface area contributed by atoms with Crippen LogP contribution in [0.1, 0.15) is 19.8 Å². The van der Waals surface area contributed by atoms with E-state index in [1.54, 1.807) is 6.07 Å². The molecule has 1 aromatic heterocycles. The topological polar surface area (TPSA) is 76.1 Å². The number of aromatic nitrogens is 2. The molecule has 6 heteroatoms. The van der Waals surface area contributed by atoms with Crippen LogP contribution in [0.5, 0.6) is 5.88 Å². The minimum absolute atomic E-state index is 0.0101. The van der Waals surface area contributed by atoms with Crippen LogP contribution >= 0.6 is 0 Å². The summed E-state index contributed by atoms with van der Waals surface area (Å²) in [6.45, 7) is 2.66. The van der Waals surface area contributed by atoms with Gasteiger partial charge in [-0.3, -0.25) is 4.79 Å². The highest BCUT2D eigenvalue weighted by Crippen LogP contribution is 2.18. The van der Waals surface area contributed by atoms with Crippen molar-refractivity contribution in [2.75, 3.05) is 18.5 Å². The van der Waals surface area contributed by atoms with Crippen LogP contribution < -0.4 is 15.4 Å². The first-order valence-electron chi connectivity index (χ1n) is 5.76. The molecule has 92 valence electrons. The summed E-state index contributed by atoms with van der Waals surface area (Å²) in [6.07, 6.45) is 3.59. The first-order chi connectivity index (χ1) is 8.28. The second kappa shape index (κ2) is 5.47. The van der Waals surface area contributed by atoms with Crippen molar-refractivity contribution < 1.29 is 9.53 Å². The van der Waals surface area contributed by atoms with E-state index in [1.807, 2.05) is 6.92 Å². The monoisotopic (exact) mass is 236 g/mol. The second-order valence-electron chi connectivity index (χ2n) is 3.87. The lowest BCUT2D eigenvalue weighted by Crippen LogP contribution is -2.31. The smallest absolute Gasteiger partial charge is 0.239 e. The van der Waals surface area contributed by atoms with Gasteiger partial charge in [0.25, 0.3) is 0 Å².